The molecule has 0 N–H and O–H groups in total. The van der Waals surface area contributed by atoms with Crippen LogP contribution in [0.15, 0.2) is 22.5 Å². The Bertz CT molecular complexity index is 297. The molecule has 0 bridgehead atoms. The lowest BCUT2D eigenvalue weighted by Gasteiger charge is -2.06. The molecule has 106 valence electrons. The van der Waals surface area contributed by atoms with Crippen LogP contribution >= 0.6 is 0 Å². The molecule has 0 fully saturated rings. The molecule has 0 heterocycles. The summed E-state index contributed by atoms with van der Waals surface area (Å²) < 4.78 is 106. The Balaban J connectivity index is 4.59. The molecule has 0 saturated heterocycles. The maximum absolute atomic E-state index is 12.7. The Morgan fingerprint density at radius 1 is 0.833 bits per heavy atom. The van der Waals surface area contributed by atoms with Gasteiger partial charge in [0.05, 0.1) is 24.0 Å². The van der Waals surface area contributed by atoms with E-state index in [-0.39, 0.29) is 12.2 Å². The Hall–Kier alpha value is -0.770. The first-order chi connectivity index (χ1) is 7.92. The summed E-state index contributed by atoms with van der Waals surface area (Å²) in [4.78, 5) is 0. The normalized spacial score (nSPS) is 16.9. The van der Waals surface area contributed by atoms with Crippen LogP contribution in [0.5, 0.6) is 0 Å². The van der Waals surface area contributed by atoms with E-state index in [1.165, 1.54) is 0 Å². The van der Waals surface area contributed by atoms with Gasteiger partial charge < -0.3 is 4.55 Å². The first-order valence-corrected chi connectivity index (χ1v) is 5.34. The van der Waals surface area contributed by atoms with Crippen LogP contribution in [0, 0.1) is 0 Å². The fraction of sp³-hybridized carbons (Fsp3) is 0.500. The van der Waals surface area contributed by atoms with Gasteiger partial charge in [0.1, 0.15) is 0 Å². The third kappa shape index (κ3) is 8.34. The Kier molecular flexibility index (Phi) is 6.14. The van der Waals surface area contributed by atoms with Gasteiger partial charge in [0.25, 0.3) is 0 Å². The van der Waals surface area contributed by atoms with E-state index in [0.717, 1.165) is 0 Å². The summed E-state index contributed by atoms with van der Waals surface area (Å²) in [5, 5.41) is -3.97. The number of alkyl halides is 6. The van der Waals surface area contributed by atoms with Crippen LogP contribution in [0.1, 0.15) is 12.8 Å². The van der Waals surface area contributed by atoms with E-state index in [4.69, 9.17) is 0 Å². The number of allylic oxidation sites excluding steroid dienone is 2. The second-order valence-electron chi connectivity index (χ2n) is 2.92. The fourth-order valence-electron chi connectivity index (χ4n) is 0.636. The second-order valence-corrected chi connectivity index (χ2v) is 4.24. The number of rotatable bonds is 4. The van der Waals surface area contributed by atoms with Gasteiger partial charge >= 0.3 is 22.7 Å². The van der Waals surface area contributed by atoms with Crippen molar-refractivity contribution in [3.05, 3.63) is 22.5 Å². The third-order valence-corrected chi connectivity index (χ3v) is 2.38. The molecule has 0 amide bonds. The van der Waals surface area contributed by atoms with Crippen molar-refractivity contribution in [3.63, 3.8) is 0 Å². The van der Waals surface area contributed by atoms with E-state index < -0.39 is 46.7 Å². The maximum Gasteiger partial charge on any atom is 0.392 e. The minimum absolute atomic E-state index is 0.197. The summed E-state index contributed by atoms with van der Waals surface area (Å²) in [6.07, 6.45) is -13.6. The average molecular weight is 302 g/mol. The molecule has 0 spiro atoms. The topological polar surface area (TPSA) is 23.1 Å². The van der Waals surface area contributed by atoms with Crippen molar-refractivity contribution >= 4 is 11.2 Å². The molecule has 0 aliphatic heterocycles. The van der Waals surface area contributed by atoms with Crippen LogP contribution in [0.25, 0.3) is 0 Å². The van der Waals surface area contributed by atoms with Crippen molar-refractivity contribution in [3.8, 4) is 0 Å². The number of hydrogen-bond donors (Lipinski definition) is 0. The second kappa shape index (κ2) is 6.41. The predicted molar refractivity (Wildman–Crippen MR) is 47.9 cm³/mol. The maximum atomic E-state index is 12.7. The van der Waals surface area contributed by atoms with Crippen LogP contribution in [0.4, 0.5) is 35.1 Å². The molecule has 0 saturated carbocycles. The average Bonchev–Trinajstić information content (AvgIpc) is 2.19. The molecule has 1 nitrogen and oxygen atoms in total. The van der Waals surface area contributed by atoms with Crippen LogP contribution in [0.3, 0.4) is 0 Å². The summed E-state index contributed by atoms with van der Waals surface area (Å²) in [5.74, 6) is 0. The van der Waals surface area contributed by atoms with E-state index in [1.807, 2.05) is 0 Å². The lowest BCUT2D eigenvalue weighted by Crippen LogP contribution is -2.09. The van der Waals surface area contributed by atoms with Gasteiger partial charge in [0.15, 0.2) is 0 Å². The molecular weight excluding hydrogens is 296 g/mol. The van der Waals surface area contributed by atoms with Gasteiger partial charge in [-0.05, 0) is 0 Å². The van der Waals surface area contributed by atoms with Gasteiger partial charge in [0.2, 0.25) is 0 Å². The zero-order valence-electron chi connectivity index (χ0n) is 8.41. The van der Waals surface area contributed by atoms with Crippen molar-refractivity contribution < 1.29 is 39.7 Å². The molecule has 0 unspecified atom stereocenters. The molecule has 0 radical (unpaired) electrons. The third-order valence-electron chi connectivity index (χ3n) is 1.34. The van der Waals surface area contributed by atoms with E-state index in [2.05, 4.69) is 0 Å². The number of halogens is 8. The minimum Gasteiger partial charge on any atom is -0.603 e. The van der Waals surface area contributed by atoms with Gasteiger partial charge in [0, 0.05) is 12.2 Å². The van der Waals surface area contributed by atoms with Gasteiger partial charge in [-0.1, -0.05) is 0 Å². The summed E-state index contributed by atoms with van der Waals surface area (Å²) >= 11 is -3.29. The molecule has 10 heteroatoms. The summed E-state index contributed by atoms with van der Waals surface area (Å²) in [7, 11) is 0. The van der Waals surface area contributed by atoms with Crippen molar-refractivity contribution in [2.75, 3.05) is 0 Å². The van der Waals surface area contributed by atoms with Crippen molar-refractivity contribution in [1.82, 2.24) is 0 Å². The van der Waals surface area contributed by atoms with E-state index in [0.29, 0.717) is 0 Å². The zero-order valence-corrected chi connectivity index (χ0v) is 9.23. The smallest absolute Gasteiger partial charge is 0.392 e. The standard InChI is InChI=1S/C8H6F8OS/c9-5(1-3-7(11,12)13)18(17)6(10)2-4-8(14,15)16/h1-2H,3-4H2. The molecule has 18 heavy (non-hydrogen) atoms. The van der Waals surface area contributed by atoms with E-state index in [1.54, 1.807) is 0 Å². The molecule has 0 aromatic rings. The van der Waals surface area contributed by atoms with Gasteiger partial charge in [-0.15, -0.1) is 0 Å². The molecule has 0 aliphatic rings. The highest BCUT2D eigenvalue weighted by atomic mass is 32.2. The lowest BCUT2D eigenvalue weighted by molar-refractivity contribution is -0.126. The SMILES string of the molecule is [O-][S+](C(F)=CCC(F)(F)F)C(F)=CCC(F)(F)F. The molecule has 0 rings (SSSR count). The van der Waals surface area contributed by atoms with Crippen LogP contribution in [-0.2, 0) is 11.2 Å². The Labute approximate surface area is 99.3 Å². The fourth-order valence-corrected chi connectivity index (χ4v) is 1.29. The lowest BCUT2D eigenvalue weighted by atomic mass is 10.4. The molecular formula is C8H6F8OS. The summed E-state index contributed by atoms with van der Waals surface area (Å²) in [6, 6.07) is 0. The molecule has 0 aromatic carbocycles. The van der Waals surface area contributed by atoms with Crippen molar-refractivity contribution in [2.24, 2.45) is 0 Å². The minimum atomic E-state index is -4.78. The van der Waals surface area contributed by atoms with Crippen LogP contribution in [-0.4, -0.2) is 16.9 Å². The number of hydrogen-bond acceptors (Lipinski definition) is 1. The summed E-state index contributed by atoms with van der Waals surface area (Å²) in [6.45, 7) is 0. The first-order valence-electron chi connectivity index (χ1n) is 4.19. The van der Waals surface area contributed by atoms with Gasteiger partial charge in [-0.3, -0.25) is 0 Å². The summed E-state index contributed by atoms with van der Waals surface area (Å²) in [5.41, 5.74) is 0. The zero-order chi connectivity index (χ0) is 14.6. The highest BCUT2D eigenvalue weighted by Gasteiger charge is 2.31. The monoisotopic (exact) mass is 302 g/mol. The highest BCUT2D eigenvalue weighted by molar-refractivity contribution is 7.98. The van der Waals surface area contributed by atoms with E-state index in [9.17, 15) is 39.7 Å². The van der Waals surface area contributed by atoms with Crippen molar-refractivity contribution in [1.29, 1.82) is 0 Å². The molecule has 0 aromatic heterocycles. The Morgan fingerprint density at radius 3 is 1.33 bits per heavy atom. The molecule has 0 aliphatic carbocycles. The Morgan fingerprint density at radius 2 is 1.11 bits per heavy atom. The first kappa shape index (κ1) is 17.2. The highest BCUT2D eigenvalue weighted by Crippen LogP contribution is 2.27. The van der Waals surface area contributed by atoms with Crippen LogP contribution in [0.2, 0.25) is 0 Å². The van der Waals surface area contributed by atoms with Gasteiger partial charge in [-0.25, -0.2) is 0 Å². The van der Waals surface area contributed by atoms with Crippen molar-refractivity contribution in [2.45, 2.75) is 25.2 Å². The molecule has 0 atom stereocenters. The quantitative estimate of drug-likeness (QED) is 0.562. The van der Waals surface area contributed by atoms with Gasteiger partial charge in [-0.2, -0.15) is 35.1 Å². The van der Waals surface area contributed by atoms with Crippen LogP contribution < -0.4 is 0 Å². The largest absolute Gasteiger partial charge is 0.603 e. The predicted octanol–water partition coefficient (Wildman–Crippen LogP) is 4.26. The van der Waals surface area contributed by atoms with E-state index >= 15 is 0 Å².